The molecule has 2 aromatic heterocycles. The number of halogens is 1. The van der Waals surface area contributed by atoms with E-state index in [0.29, 0.717) is 42.1 Å². The second-order valence-electron chi connectivity index (χ2n) is 8.16. The maximum absolute atomic E-state index is 13.2. The first-order valence-electron chi connectivity index (χ1n) is 11.1. The van der Waals surface area contributed by atoms with Crippen LogP contribution in [-0.2, 0) is 4.74 Å². The summed E-state index contributed by atoms with van der Waals surface area (Å²) >= 11 is 0. The van der Waals surface area contributed by atoms with Crippen molar-refractivity contribution in [1.29, 1.82) is 0 Å². The van der Waals surface area contributed by atoms with Crippen LogP contribution in [0.1, 0.15) is 40.9 Å². The molecule has 0 radical (unpaired) electrons. The van der Waals surface area contributed by atoms with Gasteiger partial charge in [0.15, 0.2) is 0 Å². The van der Waals surface area contributed by atoms with Gasteiger partial charge in [0, 0.05) is 43.2 Å². The van der Waals surface area contributed by atoms with E-state index in [1.54, 1.807) is 36.8 Å². The lowest BCUT2D eigenvalue weighted by molar-refractivity contribution is -0.00547. The minimum absolute atomic E-state index is 0.0495. The lowest BCUT2D eigenvalue weighted by Gasteiger charge is -2.36. The molecular formula is C26H26FN5O2. The second kappa shape index (κ2) is 10.8. The van der Waals surface area contributed by atoms with Gasteiger partial charge in [0.25, 0.3) is 5.91 Å². The zero-order valence-corrected chi connectivity index (χ0v) is 19.1. The molecule has 2 atom stereocenters. The van der Waals surface area contributed by atoms with Gasteiger partial charge in [-0.2, -0.15) is 5.10 Å². The largest absolute Gasteiger partial charge is 0.372 e. The normalized spacial score (nSPS) is 17.9. The van der Waals surface area contributed by atoms with Crippen LogP contribution >= 0.6 is 0 Å². The standard InChI is InChI=1S/C26H26FN5O2/c1-18-16-32(17-19(2)34-18)25-22(8-5-20-6-9-24(27)10-7-20)12-23(15-29-25)26(33)28-11-3-4-21-13-30-31-14-21/h3-4,6-7,9-10,12-15,18-19H,11,16-17H2,1-2H3,(H,28,33)(H,30,31)/b4-3+/t18-,19+. The van der Waals surface area contributed by atoms with Crippen LogP contribution in [0.5, 0.6) is 0 Å². The van der Waals surface area contributed by atoms with Crippen molar-refractivity contribution in [2.45, 2.75) is 26.1 Å². The number of anilines is 1. The Kier molecular flexibility index (Phi) is 7.35. The summed E-state index contributed by atoms with van der Waals surface area (Å²) in [5.74, 6) is 6.33. The highest BCUT2D eigenvalue weighted by molar-refractivity contribution is 5.94. The number of aromatic nitrogens is 3. The number of benzene rings is 1. The molecule has 1 saturated heterocycles. The molecule has 2 N–H and O–H groups in total. The van der Waals surface area contributed by atoms with E-state index < -0.39 is 0 Å². The number of carbonyl (C=O) groups excluding carboxylic acids is 1. The summed E-state index contributed by atoms with van der Waals surface area (Å²) in [5, 5.41) is 9.48. The fourth-order valence-electron chi connectivity index (χ4n) is 3.75. The van der Waals surface area contributed by atoms with Gasteiger partial charge in [-0.05, 0) is 44.2 Å². The number of pyridine rings is 1. The number of nitrogens with one attached hydrogen (secondary N) is 2. The number of ether oxygens (including phenoxy) is 1. The van der Waals surface area contributed by atoms with Gasteiger partial charge in [-0.15, -0.1) is 0 Å². The topological polar surface area (TPSA) is 83.1 Å². The Bertz CT molecular complexity index is 1200. The number of hydrogen-bond acceptors (Lipinski definition) is 5. The zero-order chi connectivity index (χ0) is 23.9. The van der Waals surface area contributed by atoms with Gasteiger partial charge in [-0.1, -0.05) is 24.0 Å². The van der Waals surface area contributed by atoms with Gasteiger partial charge in [-0.25, -0.2) is 9.37 Å². The fraction of sp³-hybridized carbons (Fsp3) is 0.269. The third kappa shape index (κ3) is 6.09. The monoisotopic (exact) mass is 459 g/mol. The molecule has 3 heterocycles. The maximum Gasteiger partial charge on any atom is 0.253 e. The van der Waals surface area contributed by atoms with E-state index in [9.17, 15) is 9.18 Å². The summed E-state index contributed by atoms with van der Waals surface area (Å²) in [7, 11) is 0. The van der Waals surface area contributed by atoms with Gasteiger partial charge in [-0.3, -0.25) is 9.89 Å². The minimum atomic E-state index is -0.315. The number of carbonyl (C=O) groups is 1. The SMILES string of the molecule is C[C@@H]1CN(c2ncc(C(=O)NC/C=C/c3cn[nH]c3)cc2C#Cc2ccc(F)cc2)C[C@H](C)O1. The summed E-state index contributed by atoms with van der Waals surface area (Å²) in [5.41, 5.74) is 2.65. The van der Waals surface area contributed by atoms with Crippen molar-refractivity contribution in [2.75, 3.05) is 24.5 Å². The van der Waals surface area contributed by atoms with Crippen LogP contribution in [0.25, 0.3) is 6.08 Å². The Morgan fingerprint density at radius 2 is 2.00 bits per heavy atom. The van der Waals surface area contributed by atoms with Gasteiger partial charge >= 0.3 is 0 Å². The predicted octanol–water partition coefficient (Wildman–Crippen LogP) is 3.40. The molecule has 1 fully saturated rings. The van der Waals surface area contributed by atoms with E-state index in [2.05, 4.69) is 37.2 Å². The van der Waals surface area contributed by atoms with E-state index in [4.69, 9.17) is 4.74 Å². The van der Waals surface area contributed by atoms with Crippen molar-refractivity contribution in [3.63, 3.8) is 0 Å². The highest BCUT2D eigenvalue weighted by atomic mass is 19.1. The van der Waals surface area contributed by atoms with E-state index >= 15 is 0 Å². The molecule has 34 heavy (non-hydrogen) atoms. The second-order valence-corrected chi connectivity index (χ2v) is 8.16. The Morgan fingerprint density at radius 1 is 1.24 bits per heavy atom. The Balaban J connectivity index is 1.57. The van der Waals surface area contributed by atoms with E-state index in [1.807, 2.05) is 26.0 Å². The molecule has 8 heteroatoms. The van der Waals surface area contributed by atoms with Crippen molar-refractivity contribution in [3.05, 3.63) is 83.1 Å². The Morgan fingerprint density at radius 3 is 2.71 bits per heavy atom. The molecule has 0 spiro atoms. The van der Waals surface area contributed by atoms with E-state index in [-0.39, 0.29) is 23.9 Å². The minimum Gasteiger partial charge on any atom is -0.372 e. The molecule has 174 valence electrons. The number of rotatable bonds is 5. The van der Waals surface area contributed by atoms with Crippen molar-refractivity contribution >= 4 is 17.8 Å². The van der Waals surface area contributed by atoms with Crippen LogP contribution in [0.15, 0.2) is 55.0 Å². The smallest absolute Gasteiger partial charge is 0.253 e. The maximum atomic E-state index is 13.2. The van der Waals surface area contributed by atoms with E-state index in [1.165, 1.54) is 12.1 Å². The van der Waals surface area contributed by atoms with Crippen molar-refractivity contribution in [3.8, 4) is 11.8 Å². The van der Waals surface area contributed by atoms with Crippen molar-refractivity contribution in [1.82, 2.24) is 20.5 Å². The summed E-state index contributed by atoms with van der Waals surface area (Å²) < 4.78 is 19.1. The van der Waals surface area contributed by atoms with Gasteiger partial charge in [0.05, 0.1) is 29.5 Å². The average Bonchev–Trinajstić information content (AvgIpc) is 3.34. The van der Waals surface area contributed by atoms with Gasteiger partial charge in [0.2, 0.25) is 0 Å². The highest BCUT2D eigenvalue weighted by Crippen LogP contribution is 2.23. The summed E-state index contributed by atoms with van der Waals surface area (Å²) in [6, 6.07) is 7.73. The predicted molar refractivity (Wildman–Crippen MR) is 129 cm³/mol. The van der Waals surface area contributed by atoms with Crippen LogP contribution in [0, 0.1) is 17.7 Å². The first kappa shape index (κ1) is 23.2. The molecule has 3 aromatic rings. The number of aromatic amines is 1. The molecule has 0 unspecified atom stereocenters. The molecule has 1 aliphatic rings. The first-order chi connectivity index (χ1) is 16.5. The molecule has 1 amide bonds. The van der Waals surface area contributed by atoms with Crippen LogP contribution in [0.2, 0.25) is 0 Å². The number of morpholine rings is 1. The summed E-state index contributed by atoms with van der Waals surface area (Å²) in [4.78, 5) is 19.5. The van der Waals surface area contributed by atoms with Crippen LogP contribution in [0.3, 0.4) is 0 Å². The molecular weight excluding hydrogens is 433 g/mol. The molecule has 4 rings (SSSR count). The fourth-order valence-corrected chi connectivity index (χ4v) is 3.75. The number of hydrogen-bond donors (Lipinski definition) is 2. The highest BCUT2D eigenvalue weighted by Gasteiger charge is 2.25. The van der Waals surface area contributed by atoms with Crippen LogP contribution in [0.4, 0.5) is 10.2 Å². The van der Waals surface area contributed by atoms with Gasteiger partial charge < -0.3 is 15.0 Å². The first-order valence-corrected chi connectivity index (χ1v) is 11.1. The summed E-state index contributed by atoms with van der Waals surface area (Å²) in [6.07, 6.45) is 8.84. The Labute approximate surface area is 198 Å². The van der Waals surface area contributed by atoms with Crippen LogP contribution < -0.4 is 10.2 Å². The molecule has 1 aliphatic heterocycles. The molecule has 0 bridgehead atoms. The average molecular weight is 460 g/mol. The third-order valence-corrected chi connectivity index (χ3v) is 5.24. The van der Waals surface area contributed by atoms with E-state index in [0.717, 1.165) is 5.56 Å². The third-order valence-electron chi connectivity index (χ3n) is 5.24. The molecule has 1 aromatic carbocycles. The van der Waals surface area contributed by atoms with Gasteiger partial charge in [0.1, 0.15) is 11.6 Å². The number of amides is 1. The lowest BCUT2D eigenvalue weighted by Crippen LogP contribution is -2.46. The zero-order valence-electron chi connectivity index (χ0n) is 19.1. The Hall–Kier alpha value is -3.96. The molecule has 0 saturated carbocycles. The number of nitrogens with zero attached hydrogens (tertiary/aromatic N) is 3. The number of H-pyrrole nitrogens is 1. The van der Waals surface area contributed by atoms with Crippen molar-refractivity contribution < 1.29 is 13.9 Å². The lowest BCUT2D eigenvalue weighted by atomic mass is 10.1. The molecule has 0 aliphatic carbocycles. The van der Waals surface area contributed by atoms with Crippen molar-refractivity contribution in [2.24, 2.45) is 0 Å². The quantitative estimate of drug-likeness (QED) is 0.572. The van der Waals surface area contributed by atoms with Crippen LogP contribution in [-0.4, -0.2) is 52.9 Å². The summed E-state index contributed by atoms with van der Waals surface area (Å²) in [6.45, 7) is 5.75. The molecule has 7 nitrogen and oxygen atoms in total.